The molecule has 0 saturated heterocycles. The van der Waals surface area contributed by atoms with Crippen molar-refractivity contribution in [1.82, 2.24) is 9.88 Å². The molecule has 2 N–H and O–H groups in total. The fraction of sp³-hybridized carbons (Fsp3) is 0.556. The number of hydrogen-bond acceptors (Lipinski definition) is 4. The minimum atomic E-state index is -0.456. The molecule has 1 aromatic heterocycles. The summed E-state index contributed by atoms with van der Waals surface area (Å²) in [6, 6.07) is -0.462. The number of amides is 1. The fourth-order valence-electron chi connectivity index (χ4n) is 1.12. The van der Waals surface area contributed by atoms with Crippen LogP contribution in [0, 0.1) is 0 Å². The van der Waals surface area contributed by atoms with Crippen molar-refractivity contribution in [1.29, 1.82) is 0 Å². The molecule has 1 unspecified atom stereocenters. The first kappa shape index (κ1) is 11.1. The standard InChI is InChI=1S/C9H15N3OS/c1-6(10)9(13)12(3)7(2)8-11-4-5-14-8/h4-7H,10H2,1-3H3/t6-,7?/m0/s1. The molecule has 0 fully saturated rings. The second kappa shape index (κ2) is 4.52. The van der Waals surface area contributed by atoms with Gasteiger partial charge in [-0.2, -0.15) is 0 Å². The Labute approximate surface area is 87.7 Å². The van der Waals surface area contributed by atoms with Crippen LogP contribution in [0.4, 0.5) is 0 Å². The molecule has 0 saturated carbocycles. The summed E-state index contributed by atoms with van der Waals surface area (Å²) in [4.78, 5) is 17.3. The van der Waals surface area contributed by atoms with Crippen LogP contribution >= 0.6 is 11.3 Å². The summed E-state index contributed by atoms with van der Waals surface area (Å²) in [6.07, 6.45) is 1.74. The fourth-order valence-corrected chi connectivity index (χ4v) is 1.86. The molecular weight excluding hydrogens is 198 g/mol. The summed E-state index contributed by atoms with van der Waals surface area (Å²) < 4.78 is 0. The minimum Gasteiger partial charge on any atom is -0.335 e. The third-order valence-corrected chi connectivity index (χ3v) is 3.07. The predicted molar refractivity (Wildman–Crippen MR) is 56.9 cm³/mol. The molecule has 1 heterocycles. The van der Waals surface area contributed by atoms with Crippen molar-refractivity contribution in [2.45, 2.75) is 25.9 Å². The highest BCUT2D eigenvalue weighted by Gasteiger charge is 2.21. The molecule has 0 bridgehead atoms. The van der Waals surface area contributed by atoms with Gasteiger partial charge in [0.15, 0.2) is 0 Å². The Morgan fingerprint density at radius 3 is 2.71 bits per heavy atom. The van der Waals surface area contributed by atoms with E-state index in [-0.39, 0.29) is 11.9 Å². The van der Waals surface area contributed by atoms with E-state index in [4.69, 9.17) is 5.73 Å². The quantitative estimate of drug-likeness (QED) is 0.815. The SMILES string of the molecule is CC(c1nccs1)N(C)C(=O)[C@H](C)N. The smallest absolute Gasteiger partial charge is 0.239 e. The van der Waals surface area contributed by atoms with Crippen LogP contribution in [0.1, 0.15) is 24.9 Å². The Kier molecular flexibility index (Phi) is 3.60. The van der Waals surface area contributed by atoms with Crippen LogP contribution in [0.25, 0.3) is 0 Å². The predicted octanol–water partition coefficient (Wildman–Crippen LogP) is 1.01. The normalized spacial score (nSPS) is 14.9. The van der Waals surface area contributed by atoms with E-state index < -0.39 is 6.04 Å². The topological polar surface area (TPSA) is 59.2 Å². The molecule has 4 nitrogen and oxygen atoms in total. The molecule has 1 rings (SSSR count). The molecular formula is C9H15N3OS. The van der Waals surface area contributed by atoms with E-state index in [1.54, 1.807) is 36.4 Å². The van der Waals surface area contributed by atoms with Crippen molar-refractivity contribution in [2.24, 2.45) is 5.73 Å². The molecule has 0 aromatic carbocycles. The number of rotatable bonds is 3. The van der Waals surface area contributed by atoms with E-state index in [0.717, 1.165) is 5.01 Å². The zero-order chi connectivity index (χ0) is 10.7. The van der Waals surface area contributed by atoms with Crippen LogP contribution in [-0.4, -0.2) is 28.9 Å². The van der Waals surface area contributed by atoms with Crippen LogP contribution in [0.15, 0.2) is 11.6 Å². The van der Waals surface area contributed by atoms with Crippen LogP contribution in [-0.2, 0) is 4.79 Å². The van der Waals surface area contributed by atoms with Gasteiger partial charge in [-0.05, 0) is 13.8 Å². The van der Waals surface area contributed by atoms with Gasteiger partial charge in [0.05, 0.1) is 12.1 Å². The van der Waals surface area contributed by atoms with Gasteiger partial charge in [-0.25, -0.2) is 4.98 Å². The summed E-state index contributed by atoms with van der Waals surface area (Å²) >= 11 is 1.54. The minimum absolute atomic E-state index is 0.00602. The molecule has 14 heavy (non-hydrogen) atoms. The van der Waals surface area contributed by atoms with Crippen molar-refractivity contribution in [3.63, 3.8) is 0 Å². The second-order valence-electron chi connectivity index (χ2n) is 3.28. The number of likely N-dealkylation sites (N-methyl/N-ethyl adjacent to an activating group) is 1. The van der Waals surface area contributed by atoms with Crippen LogP contribution in [0.3, 0.4) is 0 Å². The maximum absolute atomic E-state index is 11.6. The lowest BCUT2D eigenvalue weighted by Gasteiger charge is -2.24. The van der Waals surface area contributed by atoms with E-state index in [1.807, 2.05) is 12.3 Å². The van der Waals surface area contributed by atoms with E-state index in [0.29, 0.717) is 0 Å². The van der Waals surface area contributed by atoms with Gasteiger partial charge in [0.25, 0.3) is 0 Å². The average molecular weight is 213 g/mol. The number of aromatic nitrogens is 1. The van der Waals surface area contributed by atoms with Gasteiger partial charge in [0, 0.05) is 18.6 Å². The van der Waals surface area contributed by atoms with Crippen molar-refractivity contribution in [3.8, 4) is 0 Å². The summed E-state index contributed by atoms with van der Waals surface area (Å²) in [5, 5.41) is 2.83. The third-order valence-electron chi connectivity index (χ3n) is 2.13. The highest BCUT2D eigenvalue weighted by atomic mass is 32.1. The number of nitrogens with zero attached hydrogens (tertiary/aromatic N) is 2. The molecule has 0 spiro atoms. The number of nitrogens with two attached hydrogens (primary N) is 1. The Morgan fingerprint density at radius 1 is 1.64 bits per heavy atom. The molecule has 0 radical (unpaired) electrons. The molecule has 0 aliphatic carbocycles. The summed E-state index contributed by atoms with van der Waals surface area (Å²) in [5.74, 6) is -0.0623. The molecule has 2 atom stereocenters. The third kappa shape index (κ3) is 2.30. The Balaban J connectivity index is 2.70. The molecule has 5 heteroatoms. The monoisotopic (exact) mass is 213 g/mol. The maximum Gasteiger partial charge on any atom is 0.239 e. The molecule has 1 amide bonds. The number of carbonyl (C=O) groups is 1. The average Bonchev–Trinajstić information content (AvgIpc) is 2.67. The van der Waals surface area contributed by atoms with Gasteiger partial charge < -0.3 is 10.6 Å². The van der Waals surface area contributed by atoms with E-state index >= 15 is 0 Å². The van der Waals surface area contributed by atoms with E-state index in [9.17, 15) is 4.79 Å². The first-order valence-corrected chi connectivity index (χ1v) is 5.33. The first-order valence-electron chi connectivity index (χ1n) is 4.45. The molecule has 0 aliphatic rings. The van der Waals surface area contributed by atoms with Crippen molar-refractivity contribution in [3.05, 3.63) is 16.6 Å². The Hall–Kier alpha value is -0.940. The number of carbonyl (C=O) groups excluding carboxylic acids is 1. The Morgan fingerprint density at radius 2 is 2.29 bits per heavy atom. The van der Waals surface area contributed by atoms with Crippen molar-refractivity contribution in [2.75, 3.05) is 7.05 Å². The molecule has 78 valence electrons. The van der Waals surface area contributed by atoms with Gasteiger partial charge in [-0.1, -0.05) is 0 Å². The Bertz CT molecular complexity index is 297. The van der Waals surface area contributed by atoms with Gasteiger partial charge in [-0.15, -0.1) is 11.3 Å². The number of thiazole rings is 1. The zero-order valence-corrected chi connectivity index (χ0v) is 9.41. The van der Waals surface area contributed by atoms with Crippen molar-refractivity contribution >= 4 is 17.2 Å². The second-order valence-corrected chi connectivity index (χ2v) is 4.21. The lowest BCUT2D eigenvalue weighted by atomic mass is 10.2. The summed E-state index contributed by atoms with van der Waals surface area (Å²) in [7, 11) is 1.75. The van der Waals surface area contributed by atoms with Gasteiger partial charge in [0.2, 0.25) is 5.91 Å². The van der Waals surface area contributed by atoms with E-state index in [2.05, 4.69) is 4.98 Å². The van der Waals surface area contributed by atoms with Gasteiger partial charge in [0.1, 0.15) is 5.01 Å². The number of hydrogen-bond donors (Lipinski definition) is 1. The molecule has 1 aromatic rings. The summed E-state index contributed by atoms with van der Waals surface area (Å²) in [5.41, 5.74) is 5.52. The van der Waals surface area contributed by atoms with Gasteiger partial charge >= 0.3 is 0 Å². The summed E-state index contributed by atoms with van der Waals surface area (Å²) in [6.45, 7) is 3.63. The lowest BCUT2D eigenvalue weighted by molar-refractivity contribution is -0.132. The highest BCUT2D eigenvalue weighted by Crippen LogP contribution is 2.20. The molecule has 0 aliphatic heterocycles. The van der Waals surface area contributed by atoms with Crippen LogP contribution < -0.4 is 5.73 Å². The van der Waals surface area contributed by atoms with Crippen LogP contribution in [0.2, 0.25) is 0 Å². The highest BCUT2D eigenvalue weighted by molar-refractivity contribution is 7.09. The van der Waals surface area contributed by atoms with Crippen molar-refractivity contribution < 1.29 is 4.79 Å². The zero-order valence-electron chi connectivity index (χ0n) is 8.60. The lowest BCUT2D eigenvalue weighted by Crippen LogP contribution is -2.40. The van der Waals surface area contributed by atoms with E-state index in [1.165, 1.54) is 0 Å². The van der Waals surface area contributed by atoms with Gasteiger partial charge in [-0.3, -0.25) is 4.79 Å². The van der Waals surface area contributed by atoms with Crippen LogP contribution in [0.5, 0.6) is 0 Å². The maximum atomic E-state index is 11.6. The first-order chi connectivity index (χ1) is 6.54. The largest absolute Gasteiger partial charge is 0.335 e.